The van der Waals surface area contributed by atoms with Crippen molar-refractivity contribution in [1.82, 2.24) is 14.8 Å². The van der Waals surface area contributed by atoms with Crippen LogP contribution in [0.2, 0.25) is 0 Å². The Morgan fingerprint density at radius 2 is 1.98 bits per heavy atom. The Kier molecular flexibility index (Phi) is 6.39. The molecule has 3 unspecified atom stereocenters. The van der Waals surface area contributed by atoms with Gasteiger partial charge in [-0.25, -0.2) is 0 Å². The largest absolute Gasteiger partial charge is 0.365 e. The number of pyridine rings is 1. The SMILES string of the molecule is CC=CC(F)(F)c1cnc2c(c1)CN(C(=O)C13CCCC1CC(N1CCC4(CC1)OCc1ccccc14)C3)CC2. The fourth-order valence-electron chi connectivity index (χ4n) is 8.69. The minimum Gasteiger partial charge on any atom is -0.365 e. The molecule has 7 rings (SSSR count). The van der Waals surface area contributed by atoms with Gasteiger partial charge in [-0.2, -0.15) is 8.78 Å². The maximum absolute atomic E-state index is 14.6. The fourth-order valence-corrected chi connectivity index (χ4v) is 8.69. The molecule has 2 saturated carbocycles. The third kappa shape index (κ3) is 4.14. The van der Waals surface area contributed by atoms with Crippen LogP contribution in [0.25, 0.3) is 0 Å². The normalized spacial score (nSPS) is 29.6. The Morgan fingerprint density at radius 1 is 1.15 bits per heavy atom. The molecule has 40 heavy (non-hydrogen) atoms. The van der Waals surface area contributed by atoms with Crippen LogP contribution in [0.1, 0.15) is 79.8 Å². The average Bonchev–Trinajstić information content (AvgIpc) is 3.65. The molecule has 212 valence electrons. The first-order valence-electron chi connectivity index (χ1n) is 15.1. The third-order valence-electron chi connectivity index (χ3n) is 10.8. The zero-order valence-electron chi connectivity index (χ0n) is 23.4. The molecule has 3 fully saturated rings. The molecule has 5 aliphatic rings. The zero-order valence-corrected chi connectivity index (χ0v) is 23.4. The van der Waals surface area contributed by atoms with Crippen LogP contribution in [0.3, 0.4) is 0 Å². The van der Waals surface area contributed by atoms with Crippen LogP contribution < -0.4 is 0 Å². The number of fused-ring (bicyclic) bond motifs is 4. The maximum atomic E-state index is 14.6. The van der Waals surface area contributed by atoms with E-state index in [1.165, 1.54) is 23.4 Å². The van der Waals surface area contributed by atoms with E-state index in [-0.39, 0.29) is 22.5 Å². The molecular formula is C33H39F2N3O2. The van der Waals surface area contributed by atoms with Crippen LogP contribution >= 0.6 is 0 Å². The number of hydrogen-bond donors (Lipinski definition) is 0. The number of aromatic nitrogens is 1. The summed E-state index contributed by atoms with van der Waals surface area (Å²) in [6, 6.07) is 10.6. The van der Waals surface area contributed by atoms with Gasteiger partial charge in [0.15, 0.2) is 0 Å². The molecule has 7 heteroatoms. The van der Waals surface area contributed by atoms with Gasteiger partial charge in [0, 0.05) is 56.1 Å². The highest BCUT2D eigenvalue weighted by molar-refractivity contribution is 5.84. The number of alkyl halides is 2. The predicted molar refractivity (Wildman–Crippen MR) is 149 cm³/mol. The Bertz CT molecular complexity index is 1330. The lowest BCUT2D eigenvalue weighted by atomic mass is 9.78. The maximum Gasteiger partial charge on any atom is 0.293 e. The van der Waals surface area contributed by atoms with Crippen molar-refractivity contribution in [3.05, 3.63) is 76.6 Å². The van der Waals surface area contributed by atoms with Crippen molar-refractivity contribution in [2.75, 3.05) is 19.6 Å². The highest BCUT2D eigenvalue weighted by Crippen LogP contribution is 2.57. The highest BCUT2D eigenvalue weighted by atomic mass is 19.3. The summed E-state index contributed by atoms with van der Waals surface area (Å²) in [6.07, 6.45) is 11.4. The molecule has 5 nitrogen and oxygen atoms in total. The van der Waals surface area contributed by atoms with Crippen LogP contribution in [0.5, 0.6) is 0 Å². The van der Waals surface area contributed by atoms with Crippen LogP contribution in [0.15, 0.2) is 48.7 Å². The minimum absolute atomic E-state index is 0.103. The van der Waals surface area contributed by atoms with Gasteiger partial charge in [-0.05, 0) is 80.2 Å². The van der Waals surface area contributed by atoms with E-state index in [4.69, 9.17) is 4.74 Å². The van der Waals surface area contributed by atoms with E-state index < -0.39 is 5.92 Å². The van der Waals surface area contributed by atoms with E-state index in [0.717, 1.165) is 75.4 Å². The zero-order chi connectivity index (χ0) is 27.5. The lowest BCUT2D eigenvalue weighted by molar-refractivity contribution is -0.144. The summed E-state index contributed by atoms with van der Waals surface area (Å²) in [5.41, 5.74) is 3.74. The van der Waals surface area contributed by atoms with Crippen LogP contribution in [0.4, 0.5) is 8.78 Å². The number of benzene rings is 1. The van der Waals surface area contributed by atoms with E-state index >= 15 is 0 Å². The molecule has 3 atom stereocenters. The van der Waals surface area contributed by atoms with Gasteiger partial charge in [0.1, 0.15) is 0 Å². The second-order valence-electron chi connectivity index (χ2n) is 12.7. The average molecular weight is 548 g/mol. The van der Waals surface area contributed by atoms with Gasteiger partial charge in [-0.15, -0.1) is 0 Å². The van der Waals surface area contributed by atoms with Crippen molar-refractivity contribution in [3.63, 3.8) is 0 Å². The van der Waals surface area contributed by atoms with Gasteiger partial charge in [0.2, 0.25) is 5.91 Å². The van der Waals surface area contributed by atoms with E-state index in [0.29, 0.717) is 38.1 Å². The Balaban J connectivity index is 1.06. The molecule has 2 aliphatic carbocycles. The monoisotopic (exact) mass is 547 g/mol. The van der Waals surface area contributed by atoms with Crippen LogP contribution in [-0.4, -0.2) is 46.4 Å². The molecule has 0 N–H and O–H groups in total. The van der Waals surface area contributed by atoms with Crippen molar-refractivity contribution in [2.24, 2.45) is 11.3 Å². The summed E-state index contributed by atoms with van der Waals surface area (Å²) in [5.74, 6) is -2.40. The summed E-state index contributed by atoms with van der Waals surface area (Å²) in [5, 5.41) is 0. The van der Waals surface area contributed by atoms with Gasteiger partial charge in [0.05, 0.1) is 17.6 Å². The number of halogens is 2. The van der Waals surface area contributed by atoms with Crippen molar-refractivity contribution in [3.8, 4) is 0 Å². The Labute approximate surface area is 235 Å². The standard InChI is InChI=1S/C33H39F2N3O2/c1-2-10-33(34,35)26-17-24-21-38(14-9-29(24)36-20-26)30(39)31-11-5-7-25(31)18-27(19-31)37-15-12-32(13-16-37)28-8-4-3-6-23(28)22-40-32/h2-4,6,8,10,17,20,25,27H,5,7,9,11-16,18-19,21-22H2,1H3. The van der Waals surface area contributed by atoms with Crippen molar-refractivity contribution in [1.29, 1.82) is 0 Å². The molecular weight excluding hydrogens is 508 g/mol. The van der Waals surface area contributed by atoms with Crippen LogP contribution in [0, 0.1) is 11.3 Å². The second kappa shape index (κ2) is 9.73. The number of amides is 1. The molecule has 2 aromatic rings. The highest BCUT2D eigenvalue weighted by Gasteiger charge is 2.57. The number of piperidine rings is 1. The smallest absolute Gasteiger partial charge is 0.293 e. The summed E-state index contributed by atoms with van der Waals surface area (Å²) in [4.78, 5) is 23.2. The number of ether oxygens (including phenoxy) is 1. The van der Waals surface area contributed by atoms with E-state index in [9.17, 15) is 13.6 Å². The molecule has 0 radical (unpaired) electrons. The molecule has 4 heterocycles. The van der Waals surface area contributed by atoms with E-state index in [2.05, 4.69) is 34.1 Å². The minimum atomic E-state index is -3.06. The van der Waals surface area contributed by atoms with Gasteiger partial charge in [0.25, 0.3) is 5.92 Å². The first-order valence-corrected chi connectivity index (χ1v) is 15.1. The number of carbonyl (C=O) groups excluding carboxylic acids is 1. The molecule has 3 aliphatic heterocycles. The van der Waals surface area contributed by atoms with E-state index in [1.807, 2.05) is 4.90 Å². The topological polar surface area (TPSA) is 45.7 Å². The predicted octanol–water partition coefficient (Wildman–Crippen LogP) is 6.10. The van der Waals surface area contributed by atoms with Crippen molar-refractivity contribution < 1.29 is 18.3 Å². The first-order chi connectivity index (χ1) is 19.3. The molecule has 0 bridgehead atoms. The number of likely N-dealkylation sites (tertiary alicyclic amines) is 1. The summed E-state index contributed by atoms with van der Waals surface area (Å²) in [7, 11) is 0. The number of allylic oxidation sites excluding steroid dienone is 2. The first kappa shape index (κ1) is 26.3. The molecule has 1 aromatic heterocycles. The number of nitrogens with zero attached hydrogens (tertiary/aromatic N) is 3. The Morgan fingerprint density at radius 3 is 2.80 bits per heavy atom. The van der Waals surface area contributed by atoms with Gasteiger partial charge < -0.3 is 14.5 Å². The molecule has 1 amide bonds. The molecule has 1 saturated heterocycles. The second-order valence-corrected chi connectivity index (χ2v) is 12.7. The lowest BCUT2D eigenvalue weighted by Crippen LogP contribution is -2.48. The van der Waals surface area contributed by atoms with Crippen molar-refractivity contribution in [2.45, 2.75) is 89.0 Å². The van der Waals surface area contributed by atoms with Gasteiger partial charge >= 0.3 is 0 Å². The fraction of sp³-hybridized carbons (Fsp3) is 0.576. The summed E-state index contributed by atoms with van der Waals surface area (Å²) >= 11 is 0. The number of carbonyl (C=O) groups is 1. The number of rotatable bonds is 4. The molecule has 1 spiro atoms. The van der Waals surface area contributed by atoms with Crippen LogP contribution in [-0.2, 0) is 40.6 Å². The molecule has 1 aromatic carbocycles. The summed E-state index contributed by atoms with van der Waals surface area (Å²) in [6.45, 7) is 5.30. The Hall–Kier alpha value is -2.64. The van der Waals surface area contributed by atoms with Crippen molar-refractivity contribution >= 4 is 5.91 Å². The van der Waals surface area contributed by atoms with Gasteiger partial charge in [-0.1, -0.05) is 36.8 Å². The summed E-state index contributed by atoms with van der Waals surface area (Å²) < 4.78 is 35.5. The number of hydrogen-bond acceptors (Lipinski definition) is 4. The lowest BCUT2D eigenvalue weighted by Gasteiger charge is -2.42. The third-order valence-corrected chi connectivity index (χ3v) is 10.8. The quantitative estimate of drug-likeness (QED) is 0.434. The van der Waals surface area contributed by atoms with Gasteiger partial charge in [-0.3, -0.25) is 9.78 Å². The van der Waals surface area contributed by atoms with E-state index in [1.54, 1.807) is 13.0 Å².